The van der Waals surface area contributed by atoms with Gasteiger partial charge in [0.15, 0.2) is 5.78 Å². The number of hydrogen-bond donors (Lipinski definition) is 0. The number of carbonyl (C=O) groups excluding carboxylic acids is 1. The number of ether oxygens (including phenoxy) is 2. The number of aromatic nitrogens is 4. The summed E-state index contributed by atoms with van der Waals surface area (Å²) in [6.07, 6.45) is 1.95. The molecule has 1 aliphatic rings. The van der Waals surface area contributed by atoms with Gasteiger partial charge in [-0.15, -0.1) is 5.10 Å². The van der Waals surface area contributed by atoms with Crippen molar-refractivity contribution in [2.24, 2.45) is 5.92 Å². The van der Waals surface area contributed by atoms with Gasteiger partial charge in [0.25, 0.3) is 10.0 Å². The highest BCUT2D eigenvalue weighted by molar-refractivity contribution is 7.89. The number of halogens is 1. The highest BCUT2D eigenvalue weighted by Crippen LogP contribution is 2.35. The van der Waals surface area contributed by atoms with Crippen molar-refractivity contribution in [3.8, 4) is 22.8 Å². The largest absolute Gasteiger partial charge is 0.493 e. The van der Waals surface area contributed by atoms with E-state index in [9.17, 15) is 13.2 Å². The van der Waals surface area contributed by atoms with Crippen LogP contribution in [-0.4, -0.2) is 72.4 Å². The maximum Gasteiger partial charge on any atom is 0.283 e. The molecule has 0 N–H and O–H groups in total. The average molecular weight is 634 g/mol. The summed E-state index contributed by atoms with van der Waals surface area (Å²) >= 11 is 6.20. The molecule has 1 aliphatic heterocycles. The van der Waals surface area contributed by atoms with Gasteiger partial charge in [-0.05, 0) is 81.0 Å². The lowest BCUT2D eigenvalue weighted by Gasteiger charge is -2.24. The van der Waals surface area contributed by atoms with Crippen molar-refractivity contribution < 1.29 is 22.7 Å². The number of carbonyl (C=O) groups is 1. The minimum atomic E-state index is -3.95. The summed E-state index contributed by atoms with van der Waals surface area (Å²) in [5.74, 6) is 0.383. The Morgan fingerprint density at radius 1 is 1.09 bits per heavy atom. The molecule has 10 nitrogen and oxygen atoms in total. The first kappa shape index (κ1) is 29.9. The summed E-state index contributed by atoms with van der Waals surface area (Å²) in [6, 6.07) is 17.6. The average Bonchev–Trinajstić information content (AvgIpc) is 3.61. The van der Waals surface area contributed by atoms with Crippen LogP contribution in [0.1, 0.15) is 21.6 Å². The molecular formula is C32H32ClN5O5S. The van der Waals surface area contributed by atoms with Crippen LogP contribution in [0.15, 0.2) is 71.8 Å². The number of methoxy groups -OCH3 is 1. The third-order valence-corrected chi connectivity index (χ3v) is 9.56. The number of likely N-dealkylation sites (N-methyl/N-ethyl adjacent to an activating group) is 1. The fourth-order valence-electron chi connectivity index (χ4n) is 5.34. The molecule has 0 aliphatic carbocycles. The second-order valence-corrected chi connectivity index (χ2v) is 13.4. The van der Waals surface area contributed by atoms with E-state index in [1.165, 1.54) is 13.3 Å². The summed E-state index contributed by atoms with van der Waals surface area (Å²) in [5.41, 5.74) is 4.12. The van der Waals surface area contributed by atoms with Crippen molar-refractivity contribution in [2.75, 3.05) is 34.4 Å². The van der Waals surface area contributed by atoms with Crippen LogP contribution < -0.4 is 9.47 Å². The van der Waals surface area contributed by atoms with E-state index in [2.05, 4.69) is 5.10 Å². The smallest absolute Gasteiger partial charge is 0.283 e. The Morgan fingerprint density at radius 2 is 1.86 bits per heavy atom. The number of nitrogens with zero attached hydrogens (tertiary/aromatic N) is 5. The van der Waals surface area contributed by atoms with E-state index in [0.29, 0.717) is 46.7 Å². The van der Waals surface area contributed by atoms with Gasteiger partial charge >= 0.3 is 0 Å². The molecule has 0 amide bonds. The van der Waals surface area contributed by atoms with Crippen LogP contribution in [0.3, 0.4) is 0 Å². The number of fused-ring (bicyclic) bond motifs is 2. The molecule has 5 aromatic rings. The van der Waals surface area contributed by atoms with Gasteiger partial charge in [-0.1, -0.05) is 35.4 Å². The molecule has 6 rings (SSSR count). The molecule has 44 heavy (non-hydrogen) atoms. The Kier molecular flexibility index (Phi) is 7.95. The van der Waals surface area contributed by atoms with Gasteiger partial charge in [-0.25, -0.2) is 0 Å². The molecule has 1 unspecified atom stereocenters. The molecule has 1 atom stereocenters. The molecule has 0 saturated carbocycles. The standard InChI is InChI=1S/C32H32ClN5O5S/c1-20-5-9-25(10-6-20)44(40,41)38-18-27(32(35-38)42-4)21-7-11-26-28(17-21)37(14-13-36(2)3)34-30(26)31(39)23-15-22-16-24(33)8-12-29(22)43-19-23/h5-12,16-18,23H,13-15,19H2,1-4H3. The normalized spacial score (nSPS) is 14.9. The van der Waals surface area contributed by atoms with E-state index in [1.807, 2.05) is 60.9 Å². The zero-order valence-electron chi connectivity index (χ0n) is 24.8. The lowest BCUT2D eigenvalue weighted by molar-refractivity contribution is 0.0850. The number of Topliss-reactive ketones (excluding diaryl/α,β-unsaturated/α-hetero) is 1. The predicted octanol–water partition coefficient (Wildman–Crippen LogP) is 5.10. The van der Waals surface area contributed by atoms with E-state index < -0.39 is 15.9 Å². The fraction of sp³-hybridized carbons (Fsp3) is 0.281. The number of ketones is 1. The molecule has 3 aromatic carbocycles. The Labute approximate surface area is 260 Å². The molecule has 0 bridgehead atoms. The van der Waals surface area contributed by atoms with Crippen LogP contribution in [0.5, 0.6) is 11.6 Å². The highest BCUT2D eigenvalue weighted by Gasteiger charge is 2.31. The maximum absolute atomic E-state index is 13.9. The van der Waals surface area contributed by atoms with Gasteiger partial charge in [-0.2, -0.15) is 17.6 Å². The predicted molar refractivity (Wildman–Crippen MR) is 168 cm³/mol. The Bertz CT molecular complexity index is 1980. The minimum Gasteiger partial charge on any atom is -0.493 e. The lowest BCUT2D eigenvalue weighted by atomic mass is 9.91. The van der Waals surface area contributed by atoms with Crippen molar-refractivity contribution in [3.63, 3.8) is 0 Å². The number of aryl methyl sites for hydroxylation is 1. The Hall–Kier alpha value is -4.19. The van der Waals surface area contributed by atoms with E-state index >= 15 is 0 Å². The molecule has 3 heterocycles. The van der Waals surface area contributed by atoms with E-state index in [0.717, 1.165) is 26.5 Å². The lowest BCUT2D eigenvalue weighted by Crippen LogP contribution is -2.29. The zero-order chi connectivity index (χ0) is 31.2. The quantitative estimate of drug-likeness (QED) is 0.206. The van der Waals surface area contributed by atoms with Crippen molar-refractivity contribution in [1.29, 1.82) is 0 Å². The molecular weight excluding hydrogens is 602 g/mol. The second-order valence-electron chi connectivity index (χ2n) is 11.2. The summed E-state index contributed by atoms with van der Waals surface area (Å²) < 4.78 is 40.9. The van der Waals surface area contributed by atoms with Crippen LogP contribution in [0, 0.1) is 12.8 Å². The van der Waals surface area contributed by atoms with Crippen molar-refractivity contribution in [2.45, 2.75) is 24.8 Å². The maximum atomic E-state index is 13.9. The van der Waals surface area contributed by atoms with Crippen LogP contribution in [0.2, 0.25) is 5.02 Å². The zero-order valence-corrected chi connectivity index (χ0v) is 26.4. The van der Waals surface area contributed by atoms with Gasteiger partial charge in [0.1, 0.15) is 11.4 Å². The van der Waals surface area contributed by atoms with Crippen LogP contribution >= 0.6 is 11.6 Å². The Morgan fingerprint density at radius 3 is 2.59 bits per heavy atom. The van der Waals surface area contributed by atoms with Crippen LogP contribution in [-0.2, 0) is 23.0 Å². The molecule has 12 heteroatoms. The van der Waals surface area contributed by atoms with Gasteiger partial charge in [0, 0.05) is 17.0 Å². The Balaban J connectivity index is 1.39. The SMILES string of the molecule is COc1nn(S(=O)(=O)c2ccc(C)cc2)cc1-c1ccc2c(C(=O)C3COc4ccc(Cl)cc4C3)nn(CCN(C)C)c2c1. The molecule has 228 valence electrons. The second kappa shape index (κ2) is 11.7. The van der Waals surface area contributed by atoms with Crippen LogP contribution in [0.4, 0.5) is 0 Å². The van der Waals surface area contributed by atoms with Crippen LogP contribution in [0.25, 0.3) is 22.0 Å². The van der Waals surface area contributed by atoms with Gasteiger partial charge in [0.05, 0.1) is 48.4 Å². The number of hydrogen-bond acceptors (Lipinski definition) is 8. The highest BCUT2D eigenvalue weighted by atomic mass is 35.5. The van der Waals surface area contributed by atoms with Crippen molar-refractivity contribution in [1.82, 2.24) is 23.9 Å². The number of rotatable bonds is 9. The first-order chi connectivity index (χ1) is 21.0. The molecule has 0 spiro atoms. The summed E-state index contributed by atoms with van der Waals surface area (Å²) in [4.78, 5) is 16.0. The van der Waals surface area contributed by atoms with E-state index in [-0.39, 0.29) is 23.2 Å². The molecule has 0 fully saturated rings. The van der Waals surface area contributed by atoms with Gasteiger partial charge in [-0.3, -0.25) is 9.48 Å². The molecule has 2 aromatic heterocycles. The fourth-order valence-corrected chi connectivity index (χ4v) is 6.66. The van der Waals surface area contributed by atoms with Gasteiger partial charge < -0.3 is 14.4 Å². The first-order valence-electron chi connectivity index (χ1n) is 14.1. The monoisotopic (exact) mass is 633 g/mol. The van der Waals surface area contributed by atoms with Crippen molar-refractivity contribution >= 4 is 38.3 Å². The third kappa shape index (κ3) is 5.58. The summed E-state index contributed by atoms with van der Waals surface area (Å²) in [5, 5.41) is 10.3. The molecule has 0 saturated heterocycles. The minimum absolute atomic E-state index is 0.105. The van der Waals surface area contributed by atoms with Gasteiger partial charge in [0.2, 0.25) is 5.88 Å². The summed E-state index contributed by atoms with van der Waals surface area (Å²) in [6.45, 7) is 3.38. The summed E-state index contributed by atoms with van der Waals surface area (Å²) in [7, 11) is 1.44. The number of benzene rings is 3. The van der Waals surface area contributed by atoms with Crippen molar-refractivity contribution in [3.05, 3.63) is 88.7 Å². The molecule has 0 radical (unpaired) electrons. The third-order valence-electron chi connectivity index (χ3n) is 7.77. The topological polar surface area (TPSA) is 109 Å². The van der Waals surface area contributed by atoms with E-state index in [1.54, 1.807) is 30.3 Å². The van der Waals surface area contributed by atoms with E-state index in [4.69, 9.17) is 26.2 Å². The first-order valence-corrected chi connectivity index (χ1v) is 15.9.